The van der Waals surface area contributed by atoms with Gasteiger partial charge in [-0.05, 0) is 55.9 Å². The number of aliphatic imine (C=N–C) groups is 1. The summed E-state index contributed by atoms with van der Waals surface area (Å²) in [6.07, 6.45) is 4.69. The number of rotatable bonds is 11. The Bertz CT molecular complexity index is 972. The van der Waals surface area contributed by atoms with Crippen molar-refractivity contribution in [2.24, 2.45) is 4.99 Å². The van der Waals surface area contributed by atoms with E-state index in [1.54, 1.807) is 24.3 Å². The Balaban J connectivity index is 1.73. The highest BCUT2D eigenvalue weighted by atomic mass is 32.2. The zero-order chi connectivity index (χ0) is 22.7. The summed E-state index contributed by atoms with van der Waals surface area (Å²) in [5, 5.41) is 17.2. The molecule has 8 nitrogen and oxygen atoms in total. The maximum atomic E-state index is 11.5. The number of sulfone groups is 1. The summed E-state index contributed by atoms with van der Waals surface area (Å²) in [4.78, 5) is 15.2. The van der Waals surface area contributed by atoms with E-state index in [4.69, 9.17) is 0 Å². The first-order valence-corrected chi connectivity index (χ1v) is 12.2. The molecule has 9 heteroatoms. The Morgan fingerprint density at radius 3 is 2.16 bits per heavy atom. The zero-order valence-electron chi connectivity index (χ0n) is 18.0. The maximum Gasteiger partial charge on any atom is 0.269 e. The molecule has 0 unspecified atom stereocenters. The van der Waals surface area contributed by atoms with Crippen molar-refractivity contribution in [3.63, 3.8) is 0 Å². The predicted octanol–water partition coefficient (Wildman–Crippen LogP) is 3.12. The summed E-state index contributed by atoms with van der Waals surface area (Å²) in [6, 6.07) is 13.6. The molecule has 168 valence electrons. The van der Waals surface area contributed by atoms with Crippen molar-refractivity contribution >= 4 is 21.5 Å². The molecule has 0 saturated heterocycles. The summed E-state index contributed by atoms with van der Waals surface area (Å²) in [6.45, 7) is 4.14. The molecule has 2 N–H and O–H groups in total. The average molecular weight is 447 g/mol. The van der Waals surface area contributed by atoms with Crippen molar-refractivity contribution < 1.29 is 13.3 Å². The Morgan fingerprint density at radius 1 is 0.968 bits per heavy atom. The van der Waals surface area contributed by atoms with Crippen LogP contribution in [0.2, 0.25) is 0 Å². The van der Waals surface area contributed by atoms with Gasteiger partial charge in [0.05, 0.1) is 9.82 Å². The second-order valence-corrected chi connectivity index (χ2v) is 9.25. The molecule has 2 aromatic carbocycles. The lowest BCUT2D eigenvalue weighted by molar-refractivity contribution is -0.384. The van der Waals surface area contributed by atoms with Crippen molar-refractivity contribution in [1.29, 1.82) is 0 Å². The Kier molecular flexibility index (Phi) is 9.45. The van der Waals surface area contributed by atoms with E-state index in [1.807, 2.05) is 19.1 Å². The molecule has 0 amide bonds. The molecule has 0 fully saturated rings. The summed E-state index contributed by atoms with van der Waals surface area (Å²) in [5.74, 6) is 0.755. The molecular formula is C22H30N4O4S. The second kappa shape index (κ2) is 12.0. The third kappa shape index (κ3) is 8.75. The quantitative estimate of drug-likeness (QED) is 0.180. The van der Waals surface area contributed by atoms with Crippen LogP contribution in [0.1, 0.15) is 30.9 Å². The molecule has 0 spiro atoms. The number of nitro benzene ring substituents is 1. The number of nitrogens with zero attached hydrogens (tertiary/aromatic N) is 2. The Morgan fingerprint density at radius 2 is 1.58 bits per heavy atom. The summed E-state index contributed by atoms with van der Waals surface area (Å²) in [5.41, 5.74) is 2.25. The summed E-state index contributed by atoms with van der Waals surface area (Å²) >= 11 is 0. The number of non-ortho nitro benzene ring substituents is 1. The minimum Gasteiger partial charge on any atom is -0.357 e. The summed E-state index contributed by atoms with van der Waals surface area (Å²) < 4.78 is 23.0. The van der Waals surface area contributed by atoms with E-state index in [-0.39, 0.29) is 5.69 Å². The van der Waals surface area contributed by atoms with Crippen molar-refractivity contribution in [1.82, 2.24) is 10.6 Å². The van der Waals surface area contributed by atoms with Crippen LogP contribution in [0.15, 0.2) is 58.4 Å². The molecule has 0 aliphatic heterocycles. The number of hydrogen-bond acceptors (Lipinski definition) is 5. The molecule has 0 saturated carbocycles. The molecule has 0 aliphatic rings. The number of hydrogen-bond donors (Lipinski definition) is 2. The van der Waals surface area contributed by atoms with E-state index in [0.29, 0.717) is 18.0 Å². The highest BCUT2D eigenvalue weighted by Crippen LogP contribution is 2.13. The molecule has 31 heavy (non-hydrogen) atoms. The van der Waals surface area contributed by atoms with Gasteiger partial charge in [0.1, 0.15) is 0 Å². The molecule has 0 bridgehead atoms. The van der Waals surface area contributed by atoms with Crippen LogP contribution in [0.5, 0.6) is 0 Å². The predicted molar refractivity (Wildman–Crippen MR) is 123 cm³/mol. The fraction of sp³-hybridized carbons (Fsp3) is 0.409. The molecule has 2 rings (SSSR count). The van der Waals surface area contributed by atoms with Gasteiger partial charge in [0.2, 0.25) is 0 Å². The second-order valence-electron chi connectivity index (χ2n) is 7.23. The van der Waals surface area contributed by atoms with Gasteiger partial charge in [0, 0.05) is 38.0 Å². The minimum absolute atomic E-state index is 0.112. The van der Waals surface area contributed by atoms with Crippen molar-refractivity contribution in [3.05, 3.63) is 69.8 Å². The number of aryl methyl sites for hydroxylation is 1. The van der Waals surface area contributed by atoms with Crippen LogP contribution in [0.3, 0.4) is 0 Å². The van der Waals surface area contributed by atoms with Gasteiger partial charge in [0.25, 0.3) is 5.69 Å². The van der Waals surface area contributed by atoms with E-state index in [1.165, 1.54) is 18.4 Å². The number of nitrogens with one attached hydrogen (secondary N) is 2. The summed E-state index contributed by atoms with van der Waals surface area (Å²) in [7, 11) is -3.17. The largest absolute Gasteiger partial charge is 0.357 e. The standard InChI is InChI=1S/C22H30N4O4S/c1-3-23-22(25-17-15-19-9-13-21(14-10-19)31(2,29)30)24-16-5-4-6-18-7-11-20(12-8-18)26(27)28/h7-14H,3-6,15-17H2,1-2H3,(H2,23,24,25). The van der Waals surface area contributed by atoms with E-state index < -0.39 is 14.8 Å². The van der Waals surface area contributed by atoms with Gasteiger partial charge < -0.3 is 10.6 Å². The first kappa shape index (κ1) is 24.3. The third-order valence-corrected chi connectivity index (χ3v) is 5.82. The van der Waals surface area contributed by atoms with Gasteiger partial charge in [-0.2, -0.15) is 0 Å². The molecule has 0 aliphatic carbocycles. The van der Waals surface area contributed by atoms with Crippen LogP contribution in [0.25, 0.3) is 0 Å². The Labute approximate surface area is 183 Å². The third-order valence-electron chi connectivity index (χ3n) is 4.69. The topological polar surface area (TPSA) is 114 Å². The number of nitro groups is 1. The monoisotopic (exact) mass is 446 g/mol. The van der Waals surface area contributed by atoms with Crippen molar-refractivity contribution in [2.75, 3.05) is 25.9 Å². The molecule has 0 heterocycles. The number of benzene rings is 2. The lowest BCUT2D eigenvalue weighted by atomic mass is 10.1. The average Bonchev–Trinajstić information content (AvgIpc) is 2.73. The molecule has 2 aromatic rings. The fourth-order valence-electron chi connectivity index (χ4n) is 2.99. The van der Waals surface area contributed by atoms with Crippen LogP contribution in [-0.4, -0.2) is 45.2 Å². The zero-order valence-corrected chi connectivity index (χ0v) is 18.8. The Hall–Kier alpha value is -2.94. The van der Waals surface area contributed by atoms with Gasteiger partial charge in [0.15, 0.2) is 15.8 Å². The van der Waals surface area contributed by atoms with Crippen molar-refractivity contribution in [2.45, 2.75) is 37.5 Å². The minimum atomic E-state index is -3.17. The molecule has 0 atom stereocenters. The number of guanidine groups is 1. The SMILES string of the molecule is CCNC(=NCCCCc1ccc([N+](=O)[O-])cc1)NCCc1ccc(S(C)(=O)=O)cc1. The van der Waals surface area contributed by atoms with Gasteiger partial charge >= 0.3 is 0 Å². The van der Waals surface area contributed by atoms with Crippen LogP contribution in [0, 0.1) is 10.1 Å². The van der Waals surface area contributed by atoms with Crippen LogP contribution < -0.4 is 10.6 Å². The molecular weight excluding hydrogens is 416 g/mol. The molecule has 0 aromatic heterocycles. The molecule has 0 radical (unpaired) electrons. The normalized spacial score (nSPS) is 11.9. The van der Waals surface area contributed by atoms with Crippen molar-refractivity contribution in [3.8, 4) is 0 Å². The van der Waals surface area contributed by atoms with Gasteiger partial charge in [-0.15, -0.1) is 0 Å². The lowest BCUT2D eigenvalue weighted by Gasteiger charge is -2.11. The maximum absolute atomic E-state index is 11.5. The van der Waals surface area contributed by atoms with E-state index in [0.717, 1.165) is 49.3 Å². The highest BCUT2D eigenvalue weighted by molar-refractivity contribution is 7.90. The van der Waals surface area contributed by atoms with Crippen LogP contribution in [0.4, 0.5) is 5.69 Å². The smallest absolute Gasteiger partial charge is 0.269 e. The van der Waals surface area contributed by atoms with Gasteiger partial charge in [-0.3, -0.25) is 15.1 Å². The van der Waals surface area contributed by atoms with Gasteiger partial charge in [-0.1, -0.05) is 24.3 Å². The fourth-order valence-corrected chi connectivity index (χ4v) is 3.62. The number of unbranched alkanes of at least 4 members (excludes halogenated alkanes) is 1. The lowest BCUT2D eigenvalue weighted by Crippen LogP contribution is -2.38. The van der Waals surface area contributed by atoms with Crippen LogP contribution in [-0.2, 0) is 22.7 Å². The van der Waals surface area contributed by atoms with E-state index >= 15 is 0 Å². The highest BCUT2D eigenvalue weighted by Gasteiger charge is 2.06. The first-order valence-electron chi connectivity index (χ1n) is 10.3. The van der Waals surface area contributed by atoms with E-state index in [9.17, 15) is 18.5 Å². The van der Waals surface area contributed by atoms with Crippen LogP contribution >= 0.6 is 0 Å². The first-order chi connectivity index (χ1) is 14.8. The van der Waals surface area contributed by atoms with E-state index in [2.05, 4.69) is 15.6 Å². The van der Waals surface area contributed by atoms with Gasteiger partial charge in [-0.25, -0.2) is 8.42 Å².